The number of hydrogen-bond acceptors (Lipinski definition) is 6. The van der Waals surface area contributed by atoms with Crippen LogP contribution in [0.3, 0.4) is 0 Å². The number of hydrogen-bond donors (Lipinski definition) is 2. The Balaban J connectivity index is 1.25. The summed E-state index contributed by atoms with van der Waals surface area (Å²) in [4.78, 5) is 32.9. The van der Waals surface area contributed by atoms with Crippen LogP contribution in [0.25, 0.3) is 11.2 Å². The molecule has 5 rings (SSSR count). The zero-order chi connectivity index (χ0) is 27.6. The average Bonchev–Trinajstić information content (AvgIpc) is 3.34. The third-order valence-electron chi connectivity index (χ3n) is 6.94. The number of alkyl halides is 3. The summed E-state index contributed by atoms with van der Waals surface area (Å²) in [6, 6.07) is 11.2. The largest absolute Gasteiger partial charge is 0.389 e. The summed E-state index contributed by atoms with van der Waals surface area (Å²) in [6.45, 7) is 4.80. The first-order valence-electron chi connectivity index (χ1n) is 13.0. The number of rotatable bonds is 6. The van der Waals surface area contributed by atoms with E-state index in [4.69, 9.17) is 0 Å². The molecular formula is C27H30F3N7O2. The molecule has 1 fully saturated rings. The van der Waals surface area contributed by atoms with Crippen LogP contribution in [0.5, 0.6) is 0 Å². The van der Waals surface area contributed by atoms with E-state index in [1.165, 1.54) is 4.90 Å². The topological polar surface area (TPSA) is 94.9 Å². The van der Waals surface area contributed by atoms with E-state index in [1.54, 1.807) is 22.8 Å². The fourth-order valence-corrected chi connectivity index (χ4v) is 4.88. The number of aromatic nitrogens is 3. The lowest BCUT2D eigenvalue weighted by molar-refractivity contribution is -0.148. The second-order valence-electron chi connectivity index (χ2n) is 9.87. The van der Waals surface area contributed by atoms with Crippen molar-refractivity contribution in [2.75, 3.05) is 38.0 Å². The van der Waals surface area contributed by atoms with Crippen LogP contribution in [0.4, 0.5) is 24.8 Å². The van der Waals surface area contributed by atoms with Crippen LogP contribution in [0.1, 0.15) is 42.1 Å². The molecule has 1 unspecified atom stereocenters. The van der Waals surface area contributed by atoms with Crippen LogP contribution in [0.2, 0.25) is 0 Å². The summed E-state index contributed by atoms with van der Waals surface area (Å²) in [5.41, 5.74) is 3.80. The summed E-state index contributed by atoms with van der Waals surface area (Å²) in [5.74, 6) is -0.102. The fourth-order valence-electron chi connectivity index (χ4n) is 4.88. The van der Waals surface area contributed by atoms with Gasteiger partial charge in [0.25, 0.3) is 5.91 Å². The van der Waals surface area contributed by atoms with Gasteiger partial charge in [0.1, 0.15) is 0 Å². The Hall–Kier alpha value is -3.93. The Morgan fingerprint density at radius 1 is 1.13 bits per heavy atom. The highest BCUT2D eigenvalue weighted by Gasteiger charge is 2.30. The van der Waals surface area contributed by atoms with Gasteiger partial charge in [-0.2, -0.15) is 18.2 Å². The number of carbonyl (C=O) groups is 2. The number of carbonyl (C=O) groups excluding carboxylic acids is 2. The van der Waals surface area contributed by atoms with Crippen molar-refractivity contribution in [3.8, 4) is 0 Å². The highest BCUT2D eigenvalue weighted by Crippen LogP contribution is 2.28. The number of nitrogens with zero attached hydrogens (tertiary/aromatic N) is 5. The number of pyridine rings is 1. The number of anilines is 2. The van der Waals surface area contributed by atoms with Crippen molar-refractivity contribution in [1.82, 2.24) is 29.7 Å². The molecule has 206 valence electrons. The molecule has 1 atom stereocenters. The van der Waals surface area contributed by atoms with Crippen molar-refractivity contribution < 1.29 is 22.8 Å². The molecule has 4 heterocycles. The summed E-state index contributed by atoms with van der Waals surface area (Å²) in [7, 11) is 0. The molecule has 0 spiro atoms. The van der Waals surface area contributed by atoms with Crippen LogP contribution in [-0.4, -0.2) is 81.2 Å². The summed E-state index contributed by atoms with van der Waals surface area (Å²) >= 11 is 0. The Kier molecular flexibility index (Phi) is 7.56. The summed E-state index contributed by atoms with van der Waals surface area (Å²) < 4.78 is 39.1. The van der Waals surface area contributed by atoms with Gasteiger partial charge in [-0.05, 0) is 55.3 Å². The summed E-state index contributed by atoms with van der Waals surface area (Å²) in [6.07, 6.45) is -1.84. The molecule has 1 aromatic carbocycles. The van der Waals surface area contributed by atoms with Crippen LogP contribution >= 0.6 is 0 Å². The number of halogens is 3. The number of piperazine rings is 1. The molecule has 0 saturated carbocycles. The lowest BCUT2D eigenvalue weighted by Gasteiger charge is -2.32. The monoisotopic (exact) mass is 541 g/mol. The maximum Gasteiger partial charge on any atom is 0.389 e. The molecule has 2 aromatic heterocycles. The SMILES string of the molecule is CC1CN(C(=O)c2ccc(Nc3nc4c(C5=CCN(C(=O)CCC(F)(F)F)CC5)cccn4n3)cc2)CCN1. The molecule has 2 N–H and O–H groups in total. The normalized spacial score (nSPS) is 18.3. The number of amides is 2. The van der Waals surface area contributed by atoms with Gasteiger partial charge in [-0.1, -0.05) is 6.08 Å². The first kappa shape index (κ1) is 26.7. The first-order valence-corrected chi connectivity index (χ1v) is 13.0. The number of fused-ring (bicyclic) bond motifs is 1. The van der Waals surface area contributed by atoms with Crippen LogP contribution < -0.4 is 10.6 Å². The third kappa shape index (κ3) is 6.39. The molecule has 12 heteroatoms. The van der Waals surface area contributed by atoms with E-state index in [9.17, 15) is 22.8 Å². The molecule has 3 aromatic rings. The van der Waals surface area contributed by atoms with Gasteiger partial charge in [0.2, 0.25) is 11.9 Å². The minimum absolute atomic E-state index is 0.00627. The van der Waals surface area contributed by atoms with Crippen molar-refractivity contribution in [2.45, 2.75) is 38.4 Å². The molecule has 1 saturated heterocycles. The van der Waals surface area contributed by atoms with Crippen molar-refractivity contribution in [2.24, 2.45) is 0 Å². The van der Waals surface area contributed by atoms with E-state index in [0.717, 1.165) is 23.4 Å². The highest BCUT2D eigenvalue weighted by atomic mass is 19.4. The molecule has 0 bridgehead atoms. The molecular weight excluding hydrogens is 511 g/mol. The Morgan fingerprint density at radius 3 is 2.62 bits per heavy atom. The van der Waals surface area contributed by atoms with Crippen molar-refractivity contribution in [3.05, 3.63) is 59.8 Å². The molecule has 39 heavy (non-hydrogen) atoms. The minimum Gasteiger partial charge on any atom is -0.339 e. The van der Waals surface area contributed by atoms with E-state index in [0.29, 0.717) is 43.2 Å². The quantitative estimate of drug-likeness (QED) is 0.492. The van der Waals surface area contributed by atoms with Crippen molar-refractivity contribution >= 4 is 34.7 Å². The zero-order valence-corrected chi connectivity index (χ0v) is 21.5. The summed E-state index contributed by atoms with van der Waals surface area (Å²) in [5, 5.41) is 11.0. The fraction of sp³-hybridized carbons (Fsp3) is 0.407. The van der Waals surface area contributed by atoms with Gasteiger partial charge in [-0.3, -0.25) is 9.59 Å². The standard InChI is InChI=1S/C27H30F3N7O2/c1-18-17-36(16-12-31-18)25(39)20-4-6-21(7-5-20)32-26-33-24-22(3-2-13-37(24)34-26)19-9-14-35(15-10-19)23(38)8-11-27(28,29)30/h2-7,9,13,18,31H,8,10-12,14-17H2,1H3,(H,32,34). The maximum absolute atomic E-state index is 12.8. The first-order chi connectivity index (χ1) is 18.7. The zero-order valence-electron chi connectivity index (χ0n) is 21.5. The molecule has 9 nitrogen and oxygen atoms in total. The second kappa shape index (κ2) is 11.0. The lowest BCUT2D eigenvalue weighted by Crippen LogP contribution is -2.51. The Labute approximate surface area is 223 Å². The molecule has 2 amide bonds. The Bertz CT molecular complexity index is 1380. The van der Waals surface area contributed by atoms with Crippen LogP contribution in [-0.2, 0) is 4.79 Å². The van der Waals surface area contributed by atoms with Crippen molar-refractivity contribution in [1.29, 1.82) is 0 Å². The highest BCUT2D eigenvalue weighted by molar-refractivity contribution is 5.94. The van der Waals surface area contributed by atoms with Gasteiger partial charge in [-0.15, -0.1) is 5.10 Å². The van der Waals surface area contributed by atoms with Gasteiger partial charge in [0.15, 0.2) is 5.65 Å². The second-order valence-corrected chi connectivity index (χ2v) is 9.87. The smallest absolute Gasteiger partial charge is 0.339 e. The number of nitrogens with one attached hydrogen (secondary N) is 2. The molecule has 0 radical (unpaired) electrons. The van der Waals surface area contributed by atoms with E-state index >= 15 is 0 Å². The van der Waals surface area contributed by atoms with E-state index in [2.05, 4.69) is 27.6 Å². The third-order valence-corrected chi connectivity index (χ3v) is 6.94. The lowest BCUT2D eigenvalue weighted by atomic mass is 10.00. The van der Waals surface area contributed by atoms with Crippen LogP contribution in [0.15, 0.2) is 48.7 Å². The Morgan fingerprint density at radius 2 is 1.92 bits per heavy atom. The van der Waals surface area contributed by atoms with E-state index in [-0.39, 0.29) is 18.5 Å². The van der Waals surface area contributed by atoms with Gasteiger partial charge >= 0.3 is 6.18 Å². The maximum atomic E-state index is 12.8. The average molecular weight is 542 g/mol. The van der Waals surface area contributed by atoms with Gasteiger partial charge in [0, 0.05) is 68.2 Å². The van der Waals surface area contributed by atoms with Gasteiger partial charge < -0.3 is 20.4 Å². The molecule has 2 aliphatic heterocycles. The minimum atomic E-state index is -4.34. The molecule has 0 aliphatic carbocycles. The number of benzene rings is 1. The van der Waals surface area contributed by atoms with Gasteiger partial charge in [0.05, 0.1) is 6.42 Å². The van der Waals surface area contributed by atoms with E-state index in [1.807, 2.05) is 35.2 Å². The van der Waals surface area contributed by atoms with Crippen molar-refractivity contribution in [3.63, 3.8) is 0 Å². The molecule has 2 aliphatic rings. The van der Waals surface area contributed by atoms with E-state index < -0.39 is 24.9 Å². The predicted molar refractivity (Wildman–Crippen MR) is 141 cm³/mol. The van der Waals surface area contributed by atoms with Gasteiger partial charge in [-0.25, -0.2) is 4.52 Å². The van der Waals surface area contributed by atoms with Crippen LogP contribution in [0, 0.1) is 0 Å². The predicted octanol–water partition coefficient (Wildman–Crippen LogP) is 3.87.